The predicted molar refractivity (Wildman–Crippen MR) is 94.2 cm³/mol. The second kappa shape index (κ2) is 8.88. The van der Waals surface area contributed by atoms with E-state index < -0.39 is 10.0 Å². The highest BCUT2D eigenvalue weighted by Gasteiger charge is 2.18. The fourth-order valence-electron chi connectivity index (χ4n) is 2.20. The summed E-state index contributed by atoms with van der Waals surface area (Å²) in [4.78, 5) is 13.8. The number of carbonyl (C=O) groups is 1. The summed E-state index contributed by atoms with van der Waals surface area (Å²) in [6.07, 6.45) is 1.98. The van der Waals surface area contributed by atoms with Crippen LogP contribution in [0.15, 0.2) is 24.3 Å². The highest BCUT2D eigenvalue weighted by atomic mass is 32.2. The Morgan fingerprint density at radius 2 is 1.83 bits per heavy atom. The number of para-hydroxylation sites is 1. The minimum absolute atomic E-state index is 0.0508. The average molecular weight is 341 g/mol. The Kier molecular flexibility index (Phi) is 7.51. The molecule has 0 aromatic heterocycles. The summed E-state index contributed by atoms with van der Waals surface area (Å²) in [6.45, 7) is 3.55. The molecule has 0 bridgehead atoms. The Morgan fingerprint density at radius 3 is 2.39 bits per heavy atom. The van der Waals surface area contributed by atoms with Gasteiger partial charge in [0.1, 0.15) is 0 Å². The second-order valence-corrected chi connectivity index (χ2v) is 7.79. The molecule has 0 heterocycles. The van der Waals surface area contributed by atoms with Crippen molar-refractivity contribution in [1.82, 2.24) is 10.2 Å². The van der Waals surface area contributed by atoms with Crippen LogP contribution in [0, 0.1) is 6.92 Å². The third-order valence-electron chi connectivity index (χ3n) is 3.43. The van der Waals surface area contributed by atoms with Gasteiger partial charge in [-0.3, -0.25) is 9.10 Å². The molecule has 130 valence electrons. The normalized spacial score (nSPS) is 11.5. The van der Waals surface area contributed by atoms with Gasteiger partial charge >= 0.3 is 0 Å². The molecule has 1 rings (SSSR count). The molecular weight excluding hydrogens is 314 g/mol. The zero-order valence-corrected chi connectivity index (χ0v) is 15.2. The number of anilines is 1. The molecule has 0 saturated heterocycles. The molecular formula is C16H27N3O3S. The molecule has 0 fully saturated rings. The summed E-state index contributed by atoms with van der Waals surface area (Å²) in [5, 5.41) is 2.83. The minimum Gasteiger partial charge on any atom is -0.355 e. The lowest BCUT2D eigenvalue weighted by Gasteiger charge is -2.24. The Hall–Kier alpha value is -1.60. The lowest BCUT2D eigenvalue weighted by molar-refractivity contribution is -0.121. The van der Waals surface area contributed by atoms with Crippen molar-refractivity contribution in [2.24, 2.45) is 0 Å². The molecule has 23 heavy (non-hydrogen) atoms. The number of likely N-dealkylation sites (N-methyl/N-ethyl adjacent to an activating group) is 1. The highest BCUT2D eigenvalue weighted by Crippen LogP contribution is 2.22. The van der Waals surface area contributed by atoms with Gasteiger partial charge < -0.3 is 10.2 Å². The lowest BCUT2D eigenvalue weighted by Crippen LogP contribution is -2.34. The van der Waals surface area contributed by atoms with Gasteiger partial charge in [0.15, 0.2) is 0 Å². The van der Waals surface area contributed by atoms with Gasteiger partial charge in [-0.2, -0.15) is 0 Å². The number of carbonyl (C=O) groups excluding carboxylic acids is 1. The van der Waals surface area contributed by atoms with E-state index in [1.54, 1.807) is 6.07 Å². The summed E-state index contributed by atoms with van der Waals surface area (Å²) in [5.74, 6) is -0.0508. The van der Waals surface area contributed by atoms with Gasteiger partial charge in [0.05, 0.1) is 11.9 Å². The largest absolute Gasteiger partial charge is 0.355 e. The molecule has 0 atom stereocenters. The van der Waals surface area contributed by atoms with Gasteiger partial charge in [-0.1, -0.05) is 18.2 Å². The number of hydrogen-bond acceptors (Lipinski definition) is 4. The summed E-state index contributed by atoms with van der Waals surface area (Å²) in [6, 6.07) is 7.35. The average Bonchev–Trinajstić information content (AvgIpc) is 2.43. The van der Waals surface area contributed by atoms with Gasteiger partial charge in [0, 0.05) is 26.1 Å². The van der Waals surface area contributed by atoms with Crippen molar-refractivity contribution < 1.29 is 13.2 Å². The molecule has 6 nitrogen and oxygen atoms in total. The maximum absolute atomic E-state index is 12.0. The first-order valence-corrected chi connectivity index (χ1v) is 9.51. The van der Waals surface area contributed by atoms with Gasteiger partial charge in [-0.25, -0.2) is 8.42 Å². The van der Waals surface area contributed by atoms with Gasteiger partial charge in [-0.15, -0.1) is 0 Å². The van der Waals surface area contributed by atoms with Crippen LogP contribution in [-0.4, -0.2) is 59.2 Å². The van der Waals surface area contributed by atoms with Crippen LogP contribution in [0.3, 0.4) is 0 Å². The Morgan fingerprint density at radius 1 is 1.17 bits per heavy atom. The van der Waals surface area contributed by atoms with Crippen molar-refractivity contribution in [1.29, 1.82) is 0 Å². The van der Waals surface area contributed by atoms with Gasteiger partial charge in [0.25, 0.3) is 0 Å². The first-order chi connectivity index (χ1) is 10.7. The third kappa shape index (κ3) is 7.00. The third-order valence-corrected chi connectivity index (χ3v) is 4.61. The molecule has 0 unspecified atom stereocenters. The van der Waals surface area contributed by atoms with E-state index in [0.717, 1.165) is 12.1 Å². The van der Waals surface area contributed by atoms with Gasteiger partial charge in [-0.05, 0) is 39.1 Å². The standard InChI is InChI=1S/C16H27N3O3S/c1-14-8-5-6-9-15(14)19(23(4,21)22)12-7-10-16(20)17-11-13-18(2)3/h5-6,8-9H,7,10-13H2,1-4H3,(H,17,20). The van der Waals surface area contributed by atoms with Crippen LogP contribution in [0.4, 0.5) is 5.69 Å². The van der Waals surface area contributed by atoms with Crippen LogP contribution in [0.5, 0.6) is 0 Å². The summed E-state index contributed by atoms with van der Waals surface area (Å²) in [5.41, 5.74) is 1.57. The minimum atomic E-state index is -3.37. The second-order valence-electron chi connectivity index (χ2n) is 5.88. The van der Waals surface area contributed by atoms with Crippen LogP contribution in [0.25, 0.3) is 0 Å². The number of rotatable bonds is 9. The van der Waals surface area contributed by atoms with Crippen LogP contribution < -0.4 is 9.62 Å². The first-order valence-electron chi connectivity index (χ1n) is 7.66. The first kappa shape index (κ1) is 19.4. The molecule has 1 amide bonds. The van der Waals surface area contributed by atoms with Crippen molar-refractivity contribution in [3.63, 3.8) is 0 Å². The smallest absolute Gasteiger partial charge is 0.232 e. The SMILES string of the molecule is Cc1ccccc1N(CCCC(=O)NCCN(C)C)S(C)(=O)=O. The number of aryl methyl sites for hydroxylation is 1. The molecule has 1 aromatic carbocycles. The van der Waals surface area contributed by atoms with Gasteiger partial charge in [0.2, 0.25) is 15.9 Å². The number of sulfonamides is 1. The highest BCUT2D eigenvalue weighted by molar-refractivity contribution is 7.92. The zero-order valence-electron chi connectivity index (χ0n) is 14.4. The van der Waals surface area contributed by atoms with Crippen LogP contribution in [-0.2, 0) is 14.8 Å². The van der Waals surface area contributed by atoms with Crippen molar-refractivity contribution in [3.8, 4) is 0 Å². The Balaban J connectivity index is 2.58. The molecule has 7 heteroatoms. The summed E-state index contributed by atoms with van der Waals surface area (Å²) in [7, 11) is 0.514. The van der Waals surface area contributed by atoms with Crippen molar-refractivity contribution in [3.05, 3.63) is 29.8 Å². The molecule has 0 spiro atoms. The number of hydrogen-bond donors (Lipinski definition) is 1. The number of benzene rings is 1. The Labute approximate surface area is 139 Å². The molecule has 0 aliphatic carbocycles. The quantitative estimate of drug-likeness (QED) is 0.733. The predicted octanol–water partition coefficient (Wildman–Crippen LogP) is 1.22. The number of nitrogens with one attached hydrogen (secondary N) is 1. The fourth-order valence-corrected chi connectivity index (χ4v) is 3.22. The van der Waals surface area contributed by atoms with Crippen LogP contribution >= 0.6 is 0 Å². The maximum Gasteiger partial charge on any atom is 0.232 e. The van der Waals surface area contributed by atoms with E-state index >= 15 is 0 Å². The molecule has 1 N–H and O–H groups in total. The molecule has 0 aliphatic heterocycles. The molecule has 1 aromatic rings. The van der Waals surface area contributed by atoms with Crippen molar-refractivity contribution in [2.75, 3.05) is 44.3 Å². The van der Waals surface area contributed by atoms with E-state index in [4.69, 9.17) is 0 Å². The van der Waals surface area contributed by atoms with E-state index in [0.29, 0.717) is 31.6 Å². The molecule has 0 saturated carbocycles. The molecule has 0 aliphatic rings. The fraction of sp³-hybridized carbons (Fsp3) is 0.562. The van der Waals surface area contributed by atoms with Crippen molar-refractivity contribution >= 4 is 21.6 Å². The number of amides is 1. The topological polar surface area (TPSA) is 69.7 Å². The lowest BCUT2D eigenvalue weighted by atomic mass is 10.2. The summed E-state index contributed by atoms with van der Waals surface area (Å²) < 4.78 is 25.4. The van der Waals surface area contributed by atoms with E-state index in [-0.39, 0.29) is 5.91 Å². The van der Waals surface area contributed by atoms with Crippen LogP contribution in [0.1, 0.15) is 18.4 Å². The van der Waals surface area contributed by atoms with Crippen LogP contribution in [0.2, 0.25) is 0 Å². The van der Waals surface area contributed by atoms with E-state index in [1.165, 1.54) is 10.6 Å². The monoisotopic (exact) mass is 341 g/mol. The van der Waals surface area contributed by atoms with E-state index in [2.05, 4.69) is 5.32 Å². The number of nitrogens with zero attached hydrogens (tertiary/aromatic N) is 2. The Bertz CT molecular complexity index is 615. The van der Waals surface area contributed by atoms with Crippen molar-refractivity contribution in [2.45, 2.75) is 19.8 Å². The summed E-state index contributed by atoms with van der Waals surface area (Å²) >= 11 is 0. The molecule has 0 radical (unpaired) electrons. The van der Waals surface area contributed by atoms with E-state index in [9.17, 15) is 13.2 Å². The van der Waals surface area contributed by atoms with E-state index in [1.807, 2.05) is 44.1 Å². The maximum atomic E-state index is 12.0. The zero-order chi connectivity index (χ0) is 17.5.